The van der Waals surface area contributed by atoms with E-state index in [2.05, 4.69) is 10.9 Å². The van der Waals surface area contributed by atoms with Crippen molar-refractivity contribution in [1.82, 2.24) is 10.9 Å². The molecule has 1 aliphatic rings. The van der Waals surface area contributed by atoms with E-state index in [-0.39, 0.29) is 11.7 Å². The summed E-state index contributed by atoms with van der Waals surface area (Å²) in [5.41, 5.74) is 6.67. The van der Waals surface area contributed by atoms with Gasteiger partial charge in [0, 0.05) is 19.0 Å². The molecule has 0 amide bonds. The third-order valence-corrected chi connectivity index (χ3v) is 2.51. The van der Waals surface area contributed by atoms with Gasteiger partial charge in [0.2, 0.25) is 0 Å². The third kappa shape index (κ3) is 1.92. The standard InChI is InChI=1S/C10H13FN2O/c11-9-3-1-7(2-4-9)10(14)8-5-12-13-6-8/h1-4,8,10,12-14H,5-6H2. The molecule has 1 aromatic rings. The highest BCUT2D eigenvalue weighted by Gasteiger charge is 2.23. The molecule has 1 heterocycles. The molecule has 2 rings (SSSR count). The highest BCUT2D eigenvalue weighted by atomic mass is 19.1. The number of halogens is 1. The summed E-state index contributed by atoms with van der Waals surface area (Å²) >= 11 is 0. The van der Waals surface area contributed by atoms with Crippen molar-refractivity contribution < 1.29 is 9.50 Å². The van der Waals surface area contributed by atoms with Crippen LogP contribution in [0.3, 0.4) is 0 Å². The Morgan fingerprint density at radius 1 is 1.21 bits per heavy atom. The molecule has 1 aromatic carbocycles. The van der Waals surface area contributed by atoms with Crippen LogP contribution in [-0.4, -0.2) is 18.2 Å². The number of hydrogen-bond donors (Lipinski definition) is 3. The lowest BCUT2D eigenvalue weighted by Crippen LogP contribution is -2.21. The van der Waals surface area contributed by atoms with Crippen LogP contribution in [0.4, 0.5) is 4.39 Å². The maximum Gasteiger partial charge on any atom is 0.123 e. The van der Waals surface area contributed by atoms with E-state index in [4.69, 9.17) is 0 Å². The van der Waals surface area contributed by atoms with Gasteiger partial charge >= 0.3 is 0 Å². The molecule has 1 unspecified atom stereocenters. The molecule has 0 aliphatic carbocycles. The maximum atomic E-state index is 12.6. The highest BCUT2D eigenvalue weighted by molar-refractivity contribution is 5.19. The largest absolute Gasteiger partial charge is 0.388 e. The van der Waals surface area contributed by atoms with Gasteiger partial charge in [-0.05, 0) is 17.7 Å². The lowest BCUT2D eigenvalue weighted by molar-refractivity contribution is 0.123. The van der Waals surface area contributed by atoms with Gasteiger partial charge in [-0.25, -0.2) is 4.39 Å². The molecule has 3 nitrogen and oxygen atoms in total. The zero-order chi connectivity index (χ0) is 9.97. The van der Waals surface area contributed by atoms with Gasteiger partial charge in [0.05, 0.1) is 6.10 Å². The predicted molar refractivity (Wildman–Crippen MR) is 50.9 cm³/mol. The van der Waals surface area contributed by atoms with E-state index < -0.39 is 6.10 Å². The summed E-state index contributed by atoms with van der Waals surface area (Å²) < 4.78 is 12.6. The van der Waals surface area contributed by atoms with Crippen molar-refractivity contribution in [3.8, 4) is 0 Å². The molecule has 14 heavy (non-hydrogen) atoms. The van der Waals surface area contributed by atoms with Gasteiger partial charge in [-0.15, -0.1) is 0 Å². The molecular formula is C10H13FN2O. The van der Waals surface area contributed by atoms with Crippen molar-refractivity contribution in [2.45, 2.75) is 6.10 Å². The molecule has 1 atom stereocenters. The smallest absolute Gasteiger partial charge is 0.123 e. The van der Waals surface area contributed by atoms with E-state index in [1.807, 2.05) is 0 Å². The van der Waals surface area contributed by atoms with Crippen LogP contribution < -0.4 is 10.9 Å². The first-order valence-corrected chi connectivity index (χ1v) is 4.66. The summed E-state index contributed by atoms with van der Waals surface area (Å²) in [5, 5.41) is 9.91. The Kier molecular flexibility index (Phi) is 2.77. The van der Waals surface area contributed by atoms with Crippen LogP contribution in [0.25, 0.3) is 0 Å². The molecule has 0 spiro atoms. The van der Waals surface area contributed by atoms with Gasteiger partial charge < -0.3 is 5.11 Å². The van der Waals surface area contributed by atoms with Crippen LogP contribution in [0.2, 0.25) is 0 Å². The Balaban J connectivity index is 2.09. The van der Waals surface area contributed by atoms with Gasteiger partial charge in [-0.1, -0.05) is 12.1 Å². The summed E-state index contributed by atoms with van der Waals surface area (Å²) in [6.45, 7) is 1.47. The topological polar surface area (TPSA) is 44.3 Å². The molecule has 4 heteroatoms. The fraction of sp³-hybridized carbons (Fsp3) is 0.400. The van der Waals surface area contributed by atoms with Crippen molar-refractivity contribution in [2.24, 2.45) is 5.92 Å². The second kappa shape index (κ2) is 4.04. The molecule has 0 aromatic heterocycles. The van der Waals surface area contributed by atoms with Crippen molar-refractivity contribution in [1.29, 1.82) is 0 Å². The lowest BCUT2D eigenvalue weighted by Gasteiger charge is -2.16. The second-order valence-corrected chi connectivity index (χ2v) is 3.52. The SMILES string of the molecule is OC(c1ccc(F)cc1)C1CNNC1. The number of aliphatic hydroxyl groups is 1. The van der Waals surface area contributed by atoms with Crippen molar-refractivity contribution in [3.05, 3.63) is 35.6 Å². The fourth-order valence-electron chi connectivity index (χ4n) is 1.63. The minimum absolute atomic E-state index is 0.153. The van der Waals surface area contributed by atoms with Crippen molar-refractivity contribution in [2.75, 3.05) is 13.1 Å². The zero-order valence-electron chi connectivity index (χ0n) is 7.70. The molecular weight excluding hydrogens is 183 g/mol. The van der Waals surface area contributed by atoms with Crippen molar-refractivity contribution in [3.63, 3.8) is 0 Å². The van der Waals surface area contributed by atoms with E-state index in [1.54, 1.807) is 12.1 Å². The number of aliphatic hydroxyl groups excluding tert-OH is 1. The molecule has 1 aliphatic heterocycles. The van der Waals surface area contributed by atoms with Crippen LogP contribution in [0.1, 0.15) is 11.7 Å². The normalized spacial score (nSPS) is 19.9. The predicted octanol–water partition coefficient (Wildman–Crippen LogP) is 0.583. The Hall–Kier alpha value is -0.970. The van der Waals surface area contributed by atoms with E-state index in [0.717, 1.165) is 18.7 Å². The minimum Gasteiger partial charge on any atom is -0.388 e. The number of hydrazine groups is 1. The number of hydrogen-bond acceptors (Lipinski definition) is 3. The van der Waals surface area contributed by atoms with E-state index in [0.29, 0.717) is 0 Å². The Morgan fingerprint density at radius 2 is 1.79 bits per heavy atom. The summed E-state index contributed by atoms with van der Waals surface area (Å²) in [6.07, 6.45) is -0.530. The van der Waals surface area contributed by atoms with Gasteiger partial charge in [-0.2, -0.15) is 0 Å². The molecule has 1 fully saturated rings. The van der Waals surface area contributed by atoms with Gasteiger partial charge in [0.1, 0.15) is 5.82 Å². The zero-order valence-corrected chi connectivity index (χ0v) is 7.70. The van der Waals surface area contributed by atoms with E-state index in [1.165, 1.54) is 12.1 Å². The van der Waals surface area contributed by atoms with E-state index in [9.17, 15) is 9.50 Å². The van der Waals surface area contributed by atoms with Crippen molar-refractivity contribution >= 4 is 0 Å². The first kappa shape index (κ1) is 9.58. The first-order chi connectivity index (χ1) is 6.77. The lowest BCUT2D eigenvalue weighted by atomic mass is 9.97. The first-order valence-electron chi connectivity index (χ1n) is 4.66. The minimum atomic E-state index is -0.530. The van der Waals surface area contributed by atoms with Gasteiger partial charge in [-0.3, -0.25) is 10.9 Å². The molecule has 0 radical (unpaired) electrons. The average Bonchev–Trinajstić information content (AvgIpc) is 2.71. The second-order valence-electron chi connectivity index (χ2n) is 3.52. The average molecular weight is 196 g/mol. The molecule has 0 bridgehead atoms. The Labute approximate surface area is 81.9 Å². The summed E-state index contributed by atoms with van der Waals surface area (Å²) in [7, 11) is 0. The van der Waals surface area contributed by atoms with Gasteiger partial charge in [0.25, 0.3) is 0 Å². The van der Waals surface area contributed by atoms with Crippen LogP contribution in [0.5, 0.6) is 0 Å². The quantitative estimate of drug-likeness (QED) is 0.648. The molecule has 1 saturated heterocycles. The number of benzene rings is 1. The summed E-state index contributed by atoms with van der Waals surface area (Å²) in [4.78, 5) is 0. The monoisotopic (exact) mass is 196 g/mol. The van der Waals surface area contributed by atoms with Crippen LogP contribution in [-0.2, 0) is 0 Å². The number of rotatable bonds is 2. The summed E-state index contributed by atoms with van der Waals surface area (Å²) in [5.74, 6) is -0.121. The molecule has 3 N–H and O–H groups in total. The highest BCUT2D eigenvalue weighted by Crippen LogP contribution is 2.22. The number of nitrogens with one attached hydrogen (secondary N) is 2. The molecule has 0 saturated carbocycles. The fourth-order valence-corrected chi connectivity index (χ4v) is 1.63. The van der Waals surface area contributed by atoms with Gasteiger partial charge in [0.15, 0.2) is 0 Å². The van der Waals surface area contributed by atoms with Crippen LogP contribution in [0, 0.1) is 11.7 Å². The maximum absolute atomic E-state index is 12.6. The summed E-state index contributed by atoms with van der Waals surface area (Å²) in [6, 6.07) is 5.99. The third-order valence-electron chi connectivity index (χ3n) is 2.51. The van der Waals surface area contributed by atoms with Crippen LogP contribution >= 0.6 is 0 Å². The Bertz CT molecular complexity index is 295. The van der Waals surface area contributed by atoms with Crippen LogP contribution in [0.15, 0.2) is 24.3 Å². The Morgan fingerprint density at radius 3 is 2.36 bits per heavy atom. The van der Waals surface area contributed by atoms with E-state index >= 15 is 0 Å². The molecule has 76 valence electrons.